The lowest BCUT2D eigenvalue weighted by Crippen LogP contribution is -2.48. The second kappa shape index (κ2) is 8.38. The molecule has 29 heavy (non-hydrogen) atoms. The molecule has 0 saturated heterocycles. The van der Waals surface area contributed by atoms with Crippen LogP contribution >= 0.6 is 0 Å². The summed E-state index contributed by atoms with van der Waals surface area (Å²) in [6, 6.07) is 15.2. The summed E-state index contributed by atoms with van der Waals surface area (Å²) in [6.45, 7) is 2.32. The maximum Gasteiger partial charge on any atom is 0.261 e. The van der Waals surface area contributed by atoms with Crippen LogP contribution in [-0.2, 0) is 29.5 Å². The maximum absolute atomic E-state index is 9.56. The third-order valence-corrected chi connectivity index (χ3v) is 5.39. The molecule has 0 amide bonds. The van der Waals surface area contributed by atoms with Gasteiger partial charge in [0.2, 0.25) is 0 Å². The lowest BCUT2D eigenvalue weighted by molar-refractivity contribution is 0.103. The van der Waals surface area contributed by atoms with E-state index in [1.165, 1.54) is 38.2 Å². The van der Waals surface area contributed by atoms with Crippen molar-refractivity contribution >= 4 is 31.7 Å². The van der Waals surface area contributed by atoms with Gasteiger partial charge in [-0.1, -0.05) is 42.5 Å². The molecule has 0 fully saturated rings. The Balaban J connectivity index is 0.000000431. The fourth-order valence-electron chi connectivity index (χ4n) is 3.88. The molecule has 3 aromatic rings. The standard InChI is InChI=1S/C21H23NO2.CH4O3S/c1-21(12-23,13-24)22-11-19-16-7-3-2-6-15(16)17-8-4-5-14-9-10-18(19)20(14)17;1-5(2,3)4/h2-8,22-24H,9-13H2,1H3;1H3,(H,2,3,4). The Bertz CT molecular complexity index is 1130. The van der Waals surface area contributed by atoms with Crippen LogP contribution < -0.4 is 5.32 Å². The zero-order chi connectivity index (χ0) is 21.2. The van der Waals surface area contributed by atoms with Gasteiger partial charge in [0.1, 0.15) is 0 Å². The molecule has 0 radical (unpaired) electrons. The zero-order valence-corrected chi connectivity index (χ0v) is 17.5. The Kier molecular flexibility index (Phi) is 6.26. The highest BCUT2D eigenvalue weighted by atomic mass is 32.2. The average Bonchev–Trinajstić information content (AvgIpc) is 3.11. The van der Waals surface area contributed by atoms with E-state index in [-0.39, 0.29) is 13.2 Å². The summed E-state index contributed by atoms with van der Waals surface area (Å²) in [5.74, 6) is 0. The number of aliphatic hydroxyl groups excluding tert-OH is 2. The van der Waals surface area contributed by atoms with Crippen LogP contribution in [-0.4, -0.2) is 48.2 Å². The van der Waals surface area contributed by atoms with Gasteiger partial charge in [-0.2, -0.15) is 8.42 Å². The van der Waals surface area contributed by atoms with Crippen molar-refractivity contribution in [3.8, 4) is 0 Å². The minimum absolute atomic E-state index is 0.0877. The van der Waals surface area contributed by atoms with Gasteiger partial charge in [-0.05, 0) is 58.0 Å². The van der Waals surface area contributed by atoms with Crippen LogP contribution in [0.5, 0.6) is 0 Å². The molecule has 0 bridgehead atoms. The first-order valence-electron chi connectivity index (χ1n) is 9.50. The van der Waals surface area contributed by atoms with Crippen LogP contribution in [0.3, 0.4) is 0 Å². The first-order valence-corrected chi connectivity index (χ1v) is 11.3. The lowest BCUT2D eigenvalue weighted by Gasteiger charge is -2.27. The van der Waals surface area contributed by atoms with Crippen LogP contribution in [0.1, 0.15) is 23.6 Å². The van der Waals surface area contributed by atoms with Gasteiger partial charge >= 0.3 is 0 Å². The summed E-state index contributed by atoms with van der Waals surface area (Å²) >= 11 is 0. The second-order valence-electron chi connectivity index (χ2n) is 7.81. The molecular formula is C22H27NO5S. The molecule has 7 heteroatoms. The molecule has 0 aromatic heterocycles. The quantitative estimate of drug-likeness (QED) is 0.375. The highest BCUT2D eigenvalue weighted by Gasteiger charge is 2.25. The number of hydrogen-bond donors (Lipinski definition) is 4. The summed E-state index contributed by atoms with van der Waals surface area (Å²) in [6.07, 6.45) is 2.87. The smallest absolute Gasteiger partial charge is 0.261 e. The van der Waals surface area contributed by atoms with Crippen molar-refractivity contribution < 1.29 is 23.2 Å². The topological polar surface area (TPSA) is 107 Å². The molecule has 3 aromatic carbocycles. The van der Waals surface area contributed by atoms with Crippen molar-refractivity contribution in [2.45, 2.75) is 31.8 Å². The van der Waals surface area contributed by atoms with E-state index in [0.717, 1.165) is 12.8 Å². The Morgan fingerprint density at radius 1 is 0.966 bits per heavy atom. The van der Waals surface area contributed by atoms with E-state index in [1.54, 1.807) is 0 Å². The van der Waals surface area contributed by atoms with Gasteiger partial charge < -0.3 is 15.5 Å². The predicted molar refractivity (Wildman–Crippen MR) is 116 cm³/mol. The van der Waals surface area contributed by atoms with E-state index in [1.807, 2.05) is 6.92 Å². The monoisotopic (exact) mass is 417 g/mol. The van der Waals surface area contributed by atoms with Gasteiger partial charge in [0.05, 0.1) is 25.0 Å². The van der Waals surface area contributed by atoms with E-state index in [2.05, 4.69) is 47.8 Å². The van der Waals surface area contributed by atoms with Gasteiger partial charge in [-0.25, -0.2) is 0 Å². The Hall–Kier alpha value is -2.03. The van der Waals surface area contributed by atoms with Crippen LogP contribution in [0, 0.1) is 0 Å². The lowest BCUT2D eigenvalue weighted by atomic mass is 9.92. The first kappa shape index (κ1) is 21.7. The first-order chi connectivity index (χ1) is 13.7. The number of aryl methyl sites for hydroxylation is 2. The zero-order valence-electron chi connectivity index (χ0n) is 16.6. The fraction of sp³-hybridized carbons (Fsp3) is 0.364. The Morgan fingerprint density at radius 2 is 1.55 bits per heavy atom. The van der Waals surface area contributed by atoms with Crippen LogP contribution in [0.25, 0.3) is 21.5 Å². The highest BCUT2D eigenvalue weighted by molar-refractivity contribution is 7.85. The average molecular weight is 418 g/mol. The molecule has 4 N–H and O–H groups in total. The molecule has 156 valence electrons. The maximum atomic E-state index is 9.56. The molecular weight excluding hydrogens is 390 g/mol. The molecule has 0 heterocycles. The molecule has 0 aliphatic heterocycles. The third kappa shape index (κ3) is 4.76. The van der Waals surface area contributed by atoms with E-state index in [4.69, 9.17) is 4.55 Å². The second-order valence-corrected chi connectivity index (χ2v) is 9.27. The molecule has 0 saturated carbocycles. The summed E-state index contributed by atoms with van der Waals surface area (Å²) in [5, 5.41) is 27.8. The van der Waals surface area contributed by atoms with Gasteiger partial charge in [0, 0.05) is 6.54 Å². The Labute approximate surface area is 170 Å². The van der Waals surface area contributed by atoms with E-state index in [0.29, 0.717) is 12.8 Å². The number of nitrogens with one attached hydrogen (secondary N) is 1. The van der Waals surface area contributed by atoms with Crippen LogP contribution in [0.4, 0.5) is 0 Å². The summed E-state index contributed by atoms with van der Waals surface area (Å²) < 4.78 is 25.9. The summed E-state index contributed by atoms with van der Waals surface area (Å²) in [7, 11) is -3.67. The largest absolute Gasteiger partial charge is 0.394 e. The van der Waals surface area contributed by atoms with Crippen molar-refractivity contribution in [2.24, 2.45) is 0 Å². The number of benzene rings is 3. The molecule has 6 nitrogen and oxygen atoms in total. The van der Waals surface area contributed by atoms with Crippen molar-refractivity contribution in [3.05, 3.63) is 59.2 Å². The van der Waals surface area contributed by atoms with Crippen molar-refractivity contribution in [2.75, 3.05) is 19.5 Å². The third-order valence-electron chi connectivity index (χ3n) is 5.39. The van der Waals surface area contributed by atoms with Gasteiger partial charge in [0.15, 0.2) is 0 Å². The molecule has 4 rings (SSSR count). The van der Waals surface area contributed by atoms with Gasteiger partial charge in [-0.3, -0.25) is 4.55 Å². The number of hydrogen-bond acceptors (Lipinski definition) is 5. The van der Waals surface area contributed by atoms with E-state index in [9.17, 15) is 18.6 Å². The van der Waals surface area contributed by atoms with E-state index >= 15 is 0 Å². The van der Waals surface area contributed by atoms with Crippen molar-refractivity contribution in [3.63, 3.8) is 0 Å². The van der Waals surface area contributed by atoms with Gasteiger partial charge in [0.25, 0.3) is 10.1 Å². The molecule has 1 aliphatic rings. The predicted octanol–water partition coefficient (Wildman–Crippen LogP) is 2.43. The van der Waals surface area contributed by atoms with Crippen LogP contribution in [0.15, 0.2) is 42.5 Å². The SMILES string of the molecule is CC(CO)(CO)NCc1c2c3c(cccc3c3ccccc13)CC2.CS(=O)(=O)O. The highest BCUT2D eigenvalue weighted by Crippen LogP contribution is 2.39. The minimum Gasteiger partial charge on any atom is -0.394 e. The minimum atomic E-state index is -3.67. The van der Waals surface area contributed by atoms with Crippen molar-refractivity contribution in [1.82, 2.24) is 5.32 Å². The molecule has 0 spiro atoms. The Morgan fingerprint density at radius 3 is 2.17 bits per heavy atom. The summed E-state index contributed by atoms with van der Waals surface area (Å²) in [5.41, 5.74) is 3.49. The van der Waals surface area contributed by atoms with E-state index < -0.39 is 15.7 Å². The molecule has 1 aliphatic carbocycles. The fourth-order valence-corrected chi connectivity index (χ4v) is 3.88. The number of fused-ring (bicyclic) bond motifs is 2. The van der Waals surface area contributed by atoms with Crippen LogP contribution in [0.2, 0.25) is 0 Å². The number of aliphatic hydroxyl groups is 2. The van der Waals surface area contributed by atoms with Crippen molar-refractivity contribution in [1.29, 1.82) is 0 Å². The molecule has 0 unspecified atom stereocenters. The van der Waals surface area contributed by atoms with Gasteiger partial charge in [-0.15, -0.1) is 0 Å². The summed E-state index contributed by atoms with van der Waals surface area (Å²) in [4.78, 5) is 0. The normalized spacial score (nSPS) is 13.6. The molecule has 0 atom stereocenters. The number of rotatable bonds is 5.